The Morgan fingerprint density at radius 1 is 1.04 bits per heavy atom. The van der Waals surface area contributed by atoms with E-state index in [4.69, 9.17) is 14.6 Å². The number of carboxylic acids is 1. The molecule has 0 amide bonds. The Kier molecular flexibility index (Phi) is 5.17. The van der Waals surface area contributed by atoms with Crippen molar-refractivity contribution in [1.29, 1.82) is 0 Å². The van der Waals surface area contributed by atoms with Crippen LogP contribution >= 0.6 is 0 Å². The van der Waals surface area contributed by atoms with Crippen LogP contribution in [0.4, 0.5) is 5.69 Å². The van der Waals surface area contributed by atoms with Crippen molar-refractivity contribution in [2.24, 2.45) is 4.99 Å². The Bertz CT molecular complexity index is 965. The maximum Gasteiger partial charge on any atom is 0.344 e. The number of hydrogen-bond acceptors (Lipinski definition) is 4. The van der Waals surface area contributed by atoms with E-state index in [0.717, 1.165) is 16.6 Å². The van der Waals surface area contributed by atoms with Gasteiger partial charge in [-0.3, -0.25) is 4.99 Å². The molecular formula is C21H19NO4. The Hall–Kier alpha value is -3.34. The lowest BCUT2D eigenvalue weighted by atomic mass is 10.1. The molecule has 0 saturated carbocycles. The predicted octanol–water partition coefficient (Wildman–Crippen LogP) is 4.45. The monoisotopic (exact) mass is 349 g/mol. The van der Waals surface area contributed by atoms with Gasteiger partial charge in [0.25, 0.3) is 0 Å². The van der Waals surface area contributed by atoms with Crippen molar-refractivity contribution in [2.75, 3.05) is 7.11 Å². The van der Waals surface area contributed by atoms with Crippen LogP contribution in [-0.4, -0.2) is 30.5 Å². The average molecular weight is 349 g/mol. The molecule has 3 aromatic carbocycles. The maximum atomic E-state index is 10.9. The zero-order valence-electron chi connectivity index (χ0n) is 14.5. The fourth-order valence-corrected chi connectivity index (χ4v) is 2.51. The lowest BCUT2D eigenvalue weighted by Gasteiger charge is -2.14. The van der Waals surface area contributed by atoms with E-state index in [0.29, 0.717) is 11.5 Å². The molecule has 0 radical (unpaired) electrons. The molecule has 3 aromatic rings. The smallest absolute Gasteiger partial charge is 0.344 e. The van der Waals surface area contributed by atoms with Gasteiger partial charge in [-0.1, -0.05) is 30.3 Å². The largest absolute Gasteiger partial charge is 0.493 e. The quantitative estimate of drug-likeness (QED) is 0.668. The van der Waals surface area contributed by atoms with Gasteiger partial charge in [0.1, 0.15) is 0 Å². The number of carboxylic acid groups (broad SMARTS) is 1. The number of hydrogen-bond donors (Lipinski definition) is 1. The first kappa shape index (κ1) is 17.5. The standard InChI is InChI=1S/C21H19NO4/c1-14(21(23)24)26-19-10-7-15(11-20(19)25-2)13-22-18-9-8-16-5-3-4-6-17(16)12-18/h3-14H,1-2H3,(H,23,24)/t14-/m0/s1. The summed E-state index contributed by atoms with van der Waals surface area (Å²) >= 11 is 0. The molecule has 132 valence electrons. The lowest BCUT2D eigenvalue weighted by Crippen LogP contribution is -2.23. The number of carbonyl (C=O) groups is 1. The second-order valence-corrected chi connectivity index (χ2v) is 5.80. The van der Waals surface area contributed by atoms with Crippen LogP contribution in [0.5, 0.6) is 11.5 Å². The van der Waals surface area contributed by atoms with Gasteiger partial charge in [-0.05, 0) is 53.6 Å². The van der Waals surface area contributed by atoms with Gasteiger partial charge < -0.3 is 14.6 Å². The van der Waals surface area contributed by atoms with Crippen LogP contribution in [0.15, 0.2) is 65.7 Å². The van der Waals surface area contributed by atoms with Gasteiger partial charge in [0.2, 0.25) is 0 Å². The van der Waals surface area contributed by atoms with Crippen LogP contribution in [-0.2, 0) is 4.79 Å². The van der Waals surface area contributed by atoms with Crippen LogP contribution in [0, 0.1) is 0 Å². The summed E-state index contributed by atoms with van der Waals surface area (Å²) in [5.74, 6) is -0.195. The fraction of sp³-hybridized carbons (Fsp3) is 0.143. The molecule has 5 heteroatoms. The van der Waals surface area contributed by atoms with Gasteiger partial charge in [0, 0.05) is 6.21 Å². The second-order valence-electron chi connectivity index (χ2n) is 5.80. The van der Waals surface area contributed by atoms with E-state index in [1.54, 1.807) is 24.4 Å². The molecule has 1 atom stereocenters. The Morgan fingerprint density at radius 3 is 2.54 bits per heavy atom. The Labute approximate surface area is 151 Å². The third-order valence-electron chi connectivity index (χ3n) is 3.93. The molecule has 0 unspecified atom stereocenters. The lowest BCUT2D eigenvalue weighted by molar-refractivity contribution is -0.144. The summed E-state index contributed by atoms with van der Waals surface area (Å²) in [6, 6.07) is 19.4. The minimum absolute atomic E-state index is 0.380. The molecule has 0 bridgehead atoms. The van der Waals surface area contributed by atoms with Gasteiger partial charge in [-0.15, -0.1) is 0 Å². The average Bonchev–Trinajstić information content (AvgIpc) is 2.66. The van der Waals surface area contributed by atoms with E-state index in [9.17, 15) is 4.79 Å². The maximum absolute atomic E-state index is 10.9. The minimum Gasteiger partial charge on any atom is -0.493 e. The number of benzene rings is 3. The molecule has 1 N–H and O–H groups in total. The van der Waals surface area contributed by atoms with Crippen molar-refractivity contribution < 1.29 is 19.4 Å². The summed E-state index contributed by atoms with van der Waals surface area (Å²) in [7, 11) is 1.51. The van der Waals surface area contributed by atoms with E-state index >= 15 is 0 Å². The predicted molar refractivity (Wildman–Crippen MR) is 102 cm³/mol. The molecule has 26 heavy (non-hydrogen) atoms. The number of ether oxygens (including phenoxy) is 2. The third-order valence-corrected chi connectivity index (χ3v) is 3.93. The van der Waals surface area contributed by atoms with Crippen LogP contribution in [0.3, 0.4) is 0 Å². The molecule has 0 fully saturated rings. The summed E-state index contributed by atoms with van der Waals surface area (Å²) in [6.07, 6.45) is 0.776. The summed E-state index contributed by atoms with van der Waals surface area (Å²) in [5, 5.41) is 11.3. The zero-order valence-corrected chi connectivity index (χ0v) is 14.5. The van der Waals surface area contributed by atoms with E-state index in [1.807, 2.05) is 36.4 Å². The summed E-state index contributed by atoms with van der Waals surface area (Å²) < 4.78 is 10.7. The molecule has 0 aromatic heterocycles. The summed E-state index contributed by atoms with van der Waals surface area (Å²) in [6.45, 7) is 1.47. The van der Waals surface area contributed by atoms with Gasteiger partial charge >= 0.3 is 5.97 Å². The van der Waals surface area contributed by atoms with Crippen LogP contribution in [0.25, 0.3) is 10.8 Å². The van der Waals surface area contributed by atoms with Gasteiger partial charge in [-0.25, -0.2) is 4.79 Å². The number of methoxy groups -OCH3 is 1. The molecule has 0 aliphatic rings. The third kappa shape index (κ3) is 4.00. The second kappa shape index (κ2) is 7.70. The Morgan fingerprint density at radius 2 is 1.81 bits per heavy atom. The van der Waals surface area contributed by atoms with Gasteiger partial charge in [0.15, 0.2) is 17.6 Å². The van der Waals surface area contributed by atoms with Crippen molar-refractivity contribution in [3.63, 3.8) is 0 Å². The molecule has 0 spiro atoms. The van der Waals surface area contributed by atoms with Crippen molar-refractivity contribution in [3.8, 4) is 11.5 Å². The molecule has 0 heterocycles. The van der Waals surface area contributed by atoms with Gasteiger partial charge in [0.05, 0.1) is 12.8 Å². The number of rotatable bonds is 6. The van der Waals surface area contributed by atoms with Crippen molar-refractivity contribution >= 4 is 28.6 Å². The van der Waals surface area contributed by atoms with Crippen molar-refractivity contribution in [1.82, 2.24) is 0 Å². The number of aliphatic imine (C=N–C) groups is 1. The topological polar surface area (TPSA) is 68.1 Å². The molecule has 0 aliphatic carbocycles. The number of fused-ring (bicyclic) bond motifs is 1. The highest BCUT2D eigenvalue weighted by Gasteiger charge is 2.15. The first-order valence-electron chi connectivity index (χ1n) is 8.17. The zero-order chi connectivity index (χ0) is 18.5. The van der Waals surface area contributed by atoms with Crippen LogP contribution in [0.2, 0.25) is 0 Å². The van der Waals surface area contributed by atoms with E-state index in [2.05, 4.69) is 11.1 Å². The molecular weight excluding hydrogens is 330 g/mol. The van der Waals surface area contributed by atoms with Gasteiger partial charge in [-0.2, -0.15) is 0 Å². The van der Waals surface area contributed by atoms with Crippen molar-refractivity contribution in [2.45, 2.75) is 13.0 Å². The van der Waals surface area contributed by atoms with Crippen LogP contribution in [0.1, 0.15) is 12.5 Å². The minimum atomic E-state index is -1.03. The summed E-state index contributed by atoms with van der Waals surface area (Å²) in [4.78, 5) is 15.4. The van der Waals surface area contributed by atoms with Crippen LogP contribution < -0.4 is 9.47 Å². The number of aliphatic carboxylic acids is 1. The van der Waals surface area contributed by atoms with E-state index in [-0.39, 0.29) is 0 Å². The Balaban J connectivity index is 1.82. The highest BCUT2D eigenvalue weighted by molar-refractivity contribution is 5.88. The molecule has 0 aliphatic heterocycles. The van der Waals surface area contributed by atoms with E-state index < -0.39 is 12.1 Å². The highest BCUT2D eigenvalue weighted by Crippen LogP contribution is 2.29. The first-order valence-corrected chi connectivity index (χ1v) is 8.17. The normalized spacial score (nSPS) is 12.2. The number of nitrogens with zero attached hydrogens (tertiary/aromatic N) is 1. The molecule has 0 saturated heterocycles. The summed E-state index contributed by atoms with van der Waals surface area (Å²) in [5.41, 5.74) is 1.67. The molecule has 3 rings (SSSR count). The molecule has 5 nitrogen and oxygen atoms in total. The first-order chi connectivity index (χ1) is 12.6. The SMILES string of the molecule is COc1cc(C=Nc2ccc3ccccc3c2)ccc1O[C@@H](C)C(=O)O. The van der Waals surface area contributed by atoms with E-state index in [1.165, 1.54) is 19.4 Å². The fourth-order valence-electron chi connectivity index (χ4n) is 2.51. The highest BCUT2D eigenvalue weighted by atomic mass is 16.5. The van der Waals surface area contributed by atoms with Crippen molar-refractivity contribution in [3.05, 3.63) is 66.2 Å².